The smallest absolute Gasteiger partial charge is 0.343 e. The van der Waals surface area contributed by atoms with Gasteiger partial charge in [0.05, 0.1) is 12.0 Å². The van der Waals surface area contributed by atoms with Gasteiger partial charge in [0.1, 0.15) is 11.2 Å². The summed E-state index contributed by atoms with van der Waals surface area (Å²) in [5.74, 6) is -0.603. The molecule has 0 radical (unpaired) electrons. The molecule has 0 spiro atoms. The number of carbonyl (C=O) groups is 1. The summed E-state index contributed by atoms with van der Waals surface area (Å²) in [5.41, 5.74) is 3.54. The Balaban J connectivity index is 1.66. The number of rotatable bonds is 9. The van der Waals surface area contributed by atoms with Crippen LogP contribution in [0.15, 0.2) is 83.8 Å². The molecule has 6 heteroatoms. The van der Waals surface area contributed by atoms with Crippen molar-refractivity contribution in [2.75, 3.05) is 13.2 Å². The van der Waals surface area contributed by atoms with E-state index in [2.05, 4.69) is 34.1 Å². The number of hydrogen-bond donors (Lipinski definition) is 0. The molecule has 6 nitrogen and oxygen atoms in total. The predicted molar refractivity (Wildman–Crippen MR) is 134 cm³/mol. The van der Waals surface area contributed by atoms with Gasteiger partial charge >= 0.3 is 5.97 Å². The second-order valence-electron chi connectivity index (χ2n) is 8.29. The fourth-order valence-corrected chi connectivity index (χ4v) is 4.03. The van der Waals surface area contributed by atoms with Gasteiger partial charge in [0, 0.05) is 38.1 Å². The Morgan fingerprint density at radius 2 is 1.56 bits per heavy atom. The van der Waals surface area contributed by atoms with Gasteiger partial charge in [-0.15, -0.1) is 0 Å². The largest absolute Gasteiger partial charge is 0.462 e. The minimum absolute atomic E-state index is 0.0395. The monoisotopic (exact) mass is 455 g/mol. The topological polar surface area (TPSA) is 64.4 Å². The van der Waals surface area contributed by atoms with Crippen LogP contribution in [-0.4, -0.2) is 33.6 Å². The molecule has 0 aliphatic carbocycles. The lowest BCUT2D eigenvalue weighted by Gasteiger charge is -2.24. The molecule has 2 heterocycles. The van der Waals surface area contributed by atoms with E-state index in [0.717, 1.165) is 18.8 Å². The summed E-state index contributed by atoms with van der Waals surface area (Å²) in [6.45, 7) is 6.68. The highest BCUT2D eigenvalue weighted by molar-refractivity contribution is 5.93. The zero-order chi connectivity index (χ0) is 23.9. The summed E-state index contributed by atoms with van der Waals surface area (Å²) >= 11 is 0. The molecule has 0 bridgehead atoms. The number of fused-ring (bicyclic) bond motifs is 1. The number of ether oxygens (including phenoxy) is 1. The van der Waals surface area contributed by atoms with Crippen LogP contribution in [0.25, 0.3) is 11.0 Å². The number of aryl methyl sites for hydroxylation is 1. The van der Waals surface area contributed by atoms with Crippen molar-refractivity contribution >= 4 is 17.0 Å². The van der Waals surface area contributed by atoms with Crippen LogP contribution < -0.4 is 5.43 Å². The highest BCUT2D eigenvalue weighted by atomic mass is 16.5. The van der Waals surface area contributed by atoms with Crippen LogP contribution >= 0.6 is 0 Å². The number of aromatic nitrogens is 2. The SMILES string of the molecule is CCOC(=O)c1cn(CCN(Cc2ccccc2)Cc2ccccc2)c2nc(C)ccc2c1=O. The van der Waals surface area contributed by atoms with Gasteiger partial charge in [0.15, 0.2) is 0 Å². The van der Waals surface area contributed by atoms with E-state index >= 15 is 0 Å². The third-order valence-corrected chi connectivity index (χ3v) is 5.71. The maximum atomic E-state index is 13.0. The maximum absolute atomic E-state index is 13.0. The van der Waals surface area contributed by atoms with Crippen LogP contribution in [0, 0.1) is 6.92 Å². The number of carbonyl (C=O) groups excluding carboxylic acids is 1. The number of benzene rings is 2. The molecule has 0 N–H and O–H groups in total. The Morgan fingerprint density at radius 3 is 2.15 bits per heavy atom. The molecule has 4 rings (SSSR count). The van der Waals surface area contributed by atoms with Gasteiger partial charge in [-0.25, -0.2) is 9.78 Å². The second kappa shape index (κ2) is 10.9. The Bertz CT molecular complexity index is 1280. The van der Waals surface area contributed by atoms with Gasteiger partial charge in [-0.05, 0) is 37.1 Å². The fraction of sp³-hybridized carbons (Fsp3) is 0.250. The van der Waals surface area contributed by atoms with Crippen LogP contribution in [0.4, 0.5) is 0 Å². The van der Waals surface area contributed by atoms with Crippen LogP contribution in [-0.2, 0) is 24.4 Å². The standard InChI is InChI=1S/C28H29N3O3/c1-3-34-28(33)25-20-31(27-24(26(25)32)15-14-21(2)29-27)17-16-30(18-22-10-6-4-7-11-22)19-23-12-8-5-9-13-23/h4-15,20H,3,16-19H2,1-2H3. The molecule has 2 aromatic heterocycles. The van der Waals surface area contributed by atoms with Crippen molar-refractivity contribution in [3.63, 3.8) is 0 Å². The first-order valence-corrected chi connectivity index (χ1v) is 11.5. The van der Waals surface area contributed by atoms with E-state index < -0.39 is 5.97 Å². The first-order chi connectivity index (χ1) is 16.5. The van der Waals surface area contributed by atoms with Crippen LogP contribution in [0.3, 0.4) is 0 Å². The van der Waals surface area contributed by atoms with Gasteiger partial charge in [-0.2, -0.15) is 0 Å². The summed E-state index contributed by atoms with van der Waals surface area (Å²) in [4.78, 5) is 32.4. The third-order valence-electron chi connectivity index (χ3n) is 5.71. The number of pyridine rings is 2. The Morgan fingerprint density at radius 1 is 0.941 bits per heavy atom. The molecule has 174 valence electrons. The van der Waals surface area contributed by atoms with Crippen molar-refractivity contribution in [2.45, 2.75) is 33.5 Å². The number of esters is 1. The summed E-state index contributed by atoms with van der Waals surface area (Å²) in [6.07, 6.45) is 1.60. The van der Waals surface area contributed by atoms with E-state index in [0.29, 0.717) is 24.1 Å². The summed E-state index contributed by atoms with van der Waals surface area (Å²) < 4.78 is 7.04. The predicted octanol–water partition coefficient (Wildman–Crippen LogP) is 4.58. The molecule has 0 amide bonds. The van der Waals surface area contributed by atoms with E-state index in [9.17, 15) is 9.59 Å². The summed E-state index contributed by atoms with van der Waals surface area (Å²) in [7, 11) is 0. The normalized spacial score (nSPS) is 11.1. The number of hydrogen-bond acceptors (Lipinski definition) is 5. The zero-order valence-corrected chi connectivity index (χ0v) is 19.6. The van der Waals surface area contributed by atoms with Crippen molar-refractivity contribution in [1.29, 1.82) is 0 Å². The molecule has 0 aliphatic rings. The van der Waals surface area contributed by atoms with Crippen molar-refractivity contribution in [3.8, 4) is 0 Å². The van der Waals surface area contributed by atoms with E-state index in [1.54, 1.807) is 25.3 Å². The summed E-state index contributed by atoms with van der Waals surface area (Å²) in [6, 6.07) is 24.2. The molecule has 2 aromatic carbocycles. The van der Waals surface area contributed by atoms with Crippen molar-refractivity contribution in [1.82, 2.24) is 14.5 Å². The highest BCUT2D eigenvalue weighted by Crippen LogP contribution is 2.14. The quantitative estimate of drug-likeness (QED) is 0.346. The van der Waals surface area contributed by atoms with Gasteiger partial charge in [-0.3, -0.25) is 9.69 Å². The van der Waals surface area contributed by atoms with Crippen LogP contribution in [0.1, 0.15) is 34.1 Å². The Kier molecular flexibility index (Phi) is 7.50. The Labute approximate surface area is 199 Å². The van der Waals surface area contributed by atoms with Crippen LogP contribution in [0.2, 0.25) is 0 Å². The van der Waals surface area contributed by atoms with Crippen molar-refractivity contribution in [2.24, 2.45) is 0 Å². The van der Waals surface area contributed by atoms with Gasteiger partial charge < -0.3 is 9.30 Å². The minimum Gasteiger partial charge on any atom is -0.462 e. The molecule has 34 heavy (non-hydrogen) atoms. The second-order valence-corrected chi connectivity index (χ2v) is 8.29. The number of nitrogens with zero attached hydrogens (tertiary/aromatic N) is 3. The lowest BCUT2D eigenvalue weighted by molar-refractivity contribution is 0.0524. The van der Waals surface area contributed by atoms with E-state index in [-0.39, 0.29) is 17.6 Å². The molecule has 0 saturated carbocycles. The molecule has 0 atom stereocenters. The molecular weight excluding hydrogens is 426 g/mol. The first-order valence-electron chi connectivity index (χ1n) is 11.5. The van der Waals surface area contributed by atoms with Crippen molar-refractivity contribution in [3.05, 3.63) is 112 Å². The minimum atomic E-state index is -0.603. The summed E-state index contributed by atoms with van der Waals surface area (Å²) in [5, 5.41) is 0.425. The average molecular weight is 456 g/mol. The first kappa shape index (κ1) is 23.4. The zero-order valence-electron chi connectivity index (χ0n) is 19.6. The van der Waals surface area contributed by atoms with Gasteiger partial charge in [0.2, 0.25) is 5.43 Å². The van der Waals surface area contributed by atoms with Crippen LogP contribution in [0.5, 0.6) is 0 Å². The lowest BCUT2D eigenvalue weighted by Crippen LogP contribution is -2.28. The molecule has 0 saturated heterocycles. The maximum Gasteiger partial charge on any atom is 0.343 e. The molecule has 0 fully saturated rings. The van der Waals surface area contributed by atoms with E-state index in [4.69, 9.17) is 4.74 Å². The third kappa shape index (κ3) is 5.58. The fourth-order valence-electron chi connectivity index (χ4n) is 4.03. The lowest BCUT2D eigenvalue weighted by atomic mass is 10.1. The Hall–Kier alpha value is -3.77. The molecule has 4 aromatic rings. The molecule has 0 aliphatic heterocycles. The van der Waals surface area contributed by atoms with Gasteiger partial charge in [0.25, 0.3) is 0 Å². The molecule has 0 unspecified atom stereocenters. The van der Waals surface area contributed by atoms with E-state index in [1.807, 2.05) is 47.9 Å². The van der Waals surface area contributed by atoms with E-state index in [1.165, 1.54) is 11.1 Å². The molecular formula is C28H29N3O3. The average Bonchev–Trinajstić information content (AvgIpc) is 2.85. The highest BCUT2D eigenvalue weighted by Gasteiger charge is 2.18. The van der Waals surface area contributed by atoms with Crippen molar-refractivity contribution < 1.29 is 9.53 Å². The van der Waals surface area contributed by atoms with Gasteiger partial charge in [-0.1, -0.05) is 60.7 Å².